The molecule has 106 valence electrons. The molecule has 1 amide bonds. The number of rotatable bonds is 6. The number of carboxylic acids is 1. The number of nitrogens with one attached hydrogen (secondary N) is 1. The summed E-state index contributed by atoms with van der Waals surface area (Å²) in [5.41, 5.74) is 0.474. The molecule has 2 rings (SSSR count). The molecule has 0 unspecified atom stereocenters. The molecule has 20 heavy (non-hydrogen) atoms. The zero-order valence-electron chi connectivity index (χ0n) is 10.9. The summed E-state index contributed by atoms with van der Waals surface area (Å²) in [7, 11) is 0. The Kier molecular flexibility index (Phi) is 4.14. The van der Waals surface area contributed by atoms with E-state index in [9.17, 15) is 9.59 Å². The molecule has 0 aliphatic heterocycles. The van der Waals surface area contributed by atoms with Crippen molar-refractivity contribution in [3.63, 3.8) is 0 Å². The van der Waals surface area contributed by atoms with Crippen LogP contribution in [-0.2, 0) is 24.3 Å². The number of nitrogens with zero attached hydrogens (tertiary/aromatic N) is 3. The second-order valence-electron chi connectivity index (χ2n) is 4.10. The number of carboxylic acid groups (broad SMARTS) is 1. The normalized spacial score (nSPS) is 10.4. The van der Waals surface area contributed by atoms with E-state index in [2.05, 4.69) is 15.6 Å². The van der Waals surface area contributed by atoms with E-state index in [4.69, 9.17) is 9.52 Å². The average molecular weight is 278 g/mol. The van der Waals surface area contributed by atoms with Crippen molar-refractivity contribution in [3.8, 4) is 0 Å². The summed E-state index contributed by atoms with van der Waals surface area (Å²) in [5, 5.41) is 18.6. The number of carbonyl (C=O) groups is 2. The molecule has 0 saturated heterocycles. The van der Waals surface area contributed by atoms with Crippen molar-refractivity contribution < 1.29 is 19.1 Å². The minimum Gasteiger partial charge on any atom is -0.480 e. The predicted molar refractivity (Wildman–Crippen MR) is 66.9 cm³/mol. The van der Waals surface area contributed by atoms with Crippen molar-refractivity contribution in [1.82, 2.24) is 20.3 Å². The van der Waals surface area contributed by atoms with Crippen LogP contribution in [0.25, 0.3) is 0 Å². The van der Waals surface area contributed by atoms with Crippen molar-refractivity contribution in [2.24, 2.45) is 0 Å². The summed E-state index contributed by atoms with van der Waals surface area (Å²) in [5.74, 6) is -0.381. The van der Waals surface area contributed by atoms with E-state index in [1.165, 1.54) is 10.9 Å². The van der Waals surface area contributed by atoms with E-state index in [-0.39, 0.29) is 24.8 Å². The van der Waals surface area contributed by atoms with Crippen LogP contribution in [0.5, 0.6) is 0 Å². The van der Waals surface area contributed by atoms with Crippen LogP contribution in [0.1, 0.15) is 28.9 Å². The Morgan fingerprint density at radius 1 is 1.45 bits per heavy atom. The van der Waals surface area contributed by atoms with Crippen LogP contribution in [0.2, 0.25) is 0 Å². The number of aromatic nitrogens is 3. The standard InChI is InChI=1S/C12H14N4O4/c1-2-9-3-4-10(20-9)12(19)13-5-8-6-16(15-14-8)7-11(17)18/h3-4,6H,2,5,7H2,1H3,(H,13,19)(H,17,18). The molecule has 0 saturated carbocycles. The Balaban J connectivity index is 1.89. The van der Waals surface area contributed by atoms with Crippen molar-refractivity contribution >= 4 is 11.9 Å². The van der Waals surface area contributed by atoms with Gasteiger partial charge in [-0.3, -0.25) is 9.59 Å². The lowest BCUT2D eigenvalue weighted by atomic mass is 10.3. The fourth-order valence-electron chi connectivity index (χ4n) is 1.58. The molecular weight excluding hydrogens is 264 g/mol. The minimum absolute atomic E-state index is 0.153. The Labute approximate surface area is 114 Å². The summed E-state index contributed by atoms with van der Waals surface area (Å²) in [6.45, 7) is 1.82. The van der Waals surface area contributed by atoms with Crippen LogP contribution in [-0.4, -0.2) is 32.0 Å². The zero-order chi connectivity index (χ0) is 14.5. The summed E-state index contributed by atoms with van der Waals surface area (Å²) < 4.78 is 6.50. The largest absolute Gasteiger partial charge is 0.480 e. The van der Waals surface area contributed by atoms with E-state index in [1.807, 2.05) is 6.92 Å². The van der Waals surface area contributed by atoms with Gasteiger partial charge in [-0.2, -0.15) is 0 Å². The lowest BCUT2D eigenvalue weighted by molar-refractivity contribution is -0.137. The van der Waals surface area contributed by atoms with Crippen molar-refractivity contribution in [1.29, 1.82) is 0 Å². The van der Waals surface area contributed by atoms with Crippen LogP contribution in [0, 0.1) is 0 Å². The zero-order valence-corrected chi connectivity index (χ0v) is 10.9. The number of amides is 1. The van der Waals surface area contributed by atoms with Gasteiger partial charge in [0.15, 0.2) is 5.76 Å². The number of hydrogen-bond donors (Lipinski definition) is 2. The molecule has 0 aliphatic rings. The van der Waals surface area contributed by atoms with Crippen molar-refractivity contribution in [3.05, 3.63) is 35.5 Å². The molecule has 0 spiro atoms. The first kappa shape index (κ1) is 13.8. The molecule has 8 nitrogen and oxygen atoms in total. The molecule has 0 aromatic carbocycles. The van der Waals surface area contributed by atoms with Gasteiger partial charge in [0.2, 0.25) is 0 Å². The van der Waals surface area contributed by atoms with Gasteiger partial charge in [-0.25, -0.2) is 4.68 Å². The summed E-state index contributed by atoms with van der Waals surface area (Å²) in [4.78, 5) is 22.3. The van der Waals surface area contributed by atoms with Gasteiger partial charge in [0, 0.05) is 6.42 Å². The van der Waals surface area contributed by atoms with Gasteiger partial charge < -0.3 is 14.8 Å². The number of furan rings is 1. The SMILES string of the molecule is CCc1ccc(C(=O)NCc2cn(CC(=O)O)nn2)o1. The van der Waals surface area contributed by atoms with Gasteiger partial charge in [-0.05, 0) is 12.1 Å². The third-order valence-electron chi connectivity index (χ3n) is 2.55. The number of carbonyl (C=O) groups excluding carboxylic acids is 1. The Bertz CT molecular complexity index is 617. The quantitative estimate of drug-likeness (QED) is 0.793. The summed E-state index contributed by atoms with van der Waals surface area (Å²) in [6, 6.07) is 3.35. The van der Waals surface area contributed by atoms with E-state index in [0.29, 0.717) is 5.69 Å². The van der Waals surface area contributed by atoms with Crippen molar-refractivity contribution in [2.45, 2.75) is 26.4 Å². The van der Waals surface area contributed by atoms with Crippen LogP contribution >= 0.6 is 0 Å². The van der Waals surface area contributed by atoms with Gasteiger partial charge >= 0.3 is 5.97 Å². The number of hydrogen-bond acceptors (Lipinski definition) is 5. The third-order valence-corrected chi connectivity index (χ3v) is 2.55. The molecule has 2 aromatic heterocycles. The highest BCUT2D eigenvalue weighted by atomic mass is 16.4. The Morgan fingerprint density at radius 3 is 2.90 bits per heavy atom. The predicted octanol–water partition coefficient (Wildman–Crippen LogP) is 0.448. The summed E-state index contributed by atoms with van der Waals surface area (Å²) >= 11 is 0. The van der Waals surface area contributed by atoms with E-state index in [1.54, 1.807) is 12.1 Å². The van der Waals surface area contributed by atoms with Crippen LogP contribution < -0.4 is 5.32 Å². The fraction of sp³-hybridized carbons (Fsp3) is 0.333. The monoisotopic (exact) mass is 278 g/mol. The number of aliphatic carboxylic acids is 1. The van der Waals surface area contributed by atoms with Gasteiger partial charge in [-0.1, -0.05) is 12.1 Å². The van der Waals surface area contributed by atoms with Gasteiger partial charge in [0.05, 0.1) is 12.7 Å². The maximum Gasteiger partial charge on any atom is 0.325 e. The first-order chi connectivity index (χ1) is 9.58. The molecule has 2 aromatic rings. The maximum absolute atomic E-state index is 11.8. The van der Waals surface area contributed by atoms with E-state index in [0.717, 1.165) is 12.2 Å². The van der Waals surface area contributed by atoms with Crippen LogP contribution in [0.15, 0.2) is 22.7 Å². The molecule has 0 radical (unpaired) electrons. The lowest BCUT2D eigenvalue weighted by Gasteiger charge is -1.99. The highest BCUT2D eigenvalue weighted by Gasteiger charge is 2.11. The molecular formula is C12H14N4O4. The highest BCUT2D eigenvalue weighted by Crippen LogP contribution is 2.08. The lowest BCUT2D eigenvalue weighted by Crippen LogP contribution is -2.22. The van der Waals surface area contributed by atoms with Crippen LogP contribution in [0.4, 0.5) is 0 Å². The smallest absolute Gasteiger partial charge is 0.325 e. The second-order valence-corrected chi connectivity index (χ2v) is 4.10. The Hall–Kier alpha value is -2.64. The molecule has 0 fully saturated rings. The topological polar surface area (TPSA) is 110 Å². The fourth-order valence-corrected chi connectivity index (χ4v) is 1.58. The van der Waals surface area contributed by atoms with Crippen molar-refractivity contribution in [2.75, 3.05) is 0 Å². The molecule has 0 aliphatic carbocycles. The van der Waals surface area contributed by atoms with Gasteiger partial charge in [-0.15, -0.1) is 5.10 Å². The minimum atomic E-state index is -1.01. The molecule has 2 heterocycles. The van der Waals surface area contributed by atoms with E-state index < -0.39 is 5.97 Å². The Morgan fingerprint density at radius 2 is 2.25 bits per heavy atom. The van der Waals surface area contributed by atoms with E-state index >= 15 is 0 Å². The second kappa shape index (κ2) is 6.00. The first-order valence-electron chi connectivity index (χ1n) is 6.06. The number of aryl methyl sites for hydroxylation is 1. The maximum atomic E-state index is 11.8. The molecule has 8 heteroatoms. The summed E-state index contributed by atoms with van der Waals surface area (Å²) in [6.07, 6.45) is 2.19. The highest BCUT2D eigenvalue weighted by molar-refractivity contribution is 5.91. The molecule has 0 bridgehead atoms. The molecule has 0 atom stereocenters. The van der Waals surface area contributed by atoms with Gasteiger partial charge in [0.1, 0.15) is 18.0 Å². The average Bonchev–Trinajstić information content (AvgIpc) is 3.04. The third kappa shape index (κ3) is 3.44. The van der Waals surface area contributed by atoms with Gasteiger partial charge in [0.25, 0.3) is 5.91 Å². The molecule has 2 N–H and O–H groups in total. The van der Waals surface area contributed by atoms with Crippen LogP contribution in [0.3, 0.4) is 0 Å². The first-order valence-corrected chi connectivity index (χ1v) is 6.06.